The molecule has 3 nitrogen and oxygen atoms in total. The Balaban J connectivity index is 1.99. The molecule has 1 aliphatic rings. The maximum absolute atomic E-state index is 9.09. The number of halogens is 1. The molecule has 1 aromatic rings. The van der Waals surface area contributed by atoms with E-state index in [1.807, 2.05) is 18.2 Å². The highest BCUT2D eigenvalue weighted by Crippen LogP contribution is 2.30. The maximum atomic E-state index is 9.09. The zero-order chi connectivity index (χ0) is 13.7. The fourth-order valence-corrected chi connectivity index (χ4v) is 2.36. The lowest BCUT2D eigenvalue weighted by Gasteiger charge is -2.21. The molecule has 2 rings (SSSR count). The average molecular weight is 282 g/mol. The molecule has 1 N–H and O–H groups in total. The van der Waals surface area contributed by atoms with Gasteiger partial charge in [0.1, 0.15) is 12.4 Å². The Kier molecular flexibility index (Phi) is 5.25. The van der Waals surface area contributed by atoms with Crippen molar-refractivity contribution in [1.82, 2.24) is 4.90 Å². The summed E-state index contributed by atoms with van der Waals surface area (Å²) < 4.78 is 5.45. The van der Waals surface area contributed by atoms with E-state index in [1.54, 1.807) is 6.08 Å². The first-order valence-electron chi connectivity index (χ1n) is 6.61. The number of aliphatic hydroxyl groups is 1. The molecule has 1 saturated carbocycles. The monoisotopic (exact) mass is 281 g/mol. The molecule has 0 aliphatic heterocycles. The van der Waals surface area contributed by atoms with Crippen LogP contribution in [0.4, 0.5) is 0 Å². The van der Waals surface area contributed by atoms with Crippen LogP contribution in [0.1, 0.15) is 18.4 Å². The summed E-state index contributed by atoms with van der Waals surface area (Å²) in [5.74, 6) is 0.686. The van der Waals surface area contributed by atoms with Crippen LogP contribution in [0.5, 0.6) is 5.75 Å². The van der Waals surface area contributed by atoms with Crippen LogP contribution in [0, 0.1) is 0 Å². The van der Waals surface area contributed by atoms with Gasteiger partial charge in [0.25, 0.3) is 0 Å². The quantitative estimate of drug-likeness (QED) is 0.744. The molecule has 0 spiro atoms. The molecule has 0 bridgehead atoms. The number of benzene rings is 1. The van der Waals surface area contributed by atoms with E-state index in [0.717, 1.165) is 18.7 Å². The molecule has 0 saturated heterocycles. The molecular weight excluding hydrogens is 262 g/mol. The highest BCUT2D eigenvalue weighted by atomic mass is 35.5. The van der Waals surface area contributed by atoms with Crippen molar-refractivity contribution >= 4 is 11.6 Å². The number of nitrogens with zero attached hydrogens (tertiary/aromatic N) is 1. The molecule has 1 fully saturated rings. The SMILES string of the molecule is C=CCOc1ccc(CN(CCO)C2CC2)cc1Cl. The van der Waals surface area contributed by atoms with Gasteiger partial charge in [-0.25, -0.2) is 0 Å². The first kappa shape index (κ1) is 14.4. The summed E-state index contributed by atoms with van der Waals surface area (Å²) >= 11 is 6.19. The summed E-state index contributed by atoms with van der Waals surface area (Å²) in [6.45, 7) is 5.81. The van der Waals surface area contributed by atoms with Gasteiger partial charge in [-0.1, -0.05) is 30.3 Å². The van der Waals surface area contributed by atoms with Crippen LogP contribution in [-0.2, 0) is 6.54 Å². The van der Waals surface area contributed by atoms with Crippen LogP contribution in [0.15, 0.2) is 30.9 Å². The van der Waals surface area contributed by atoms with E-state index >= 15 is 0 Å². The molecular formula is C15H20ClNO2. The minimum absolute atomic E-state index is 0.199. The Labute approximate surface area is 119 Å². The average Bonchev–Trinajstić information content (AvgIpc) is 3.21. The predicted molar refractivity (Wildman–Crippen MR) is 77.7 cm³/mol. The van der Waals surface area contributed by atoms with E-state index in [4.69, 9.17) is 21.4 Å². The van der Waals surface area contributed by atoms with Gasteiger partial charge in [-0.15, -0.1) is 0 Å². The molecule has 0 aromatic heterocycles. The Hall–Kier alpha value is -1.03. The second-order valence-electron chi connectivity index (χ2n) is 4.79. The molecule has 19 heavy (non-hydrogen) atoms. The van der Waals surface area contributed by atoms with Crippen molar-refractivity contribution in [2.24, 2.45) is 0 Å². The molecule has 1 aromatic carbocycles. The standard InChI is InChI=1S/C15H20ClNO2/c1-2-9-19-15-6-3-12(10-14(15)16)11-17(7-8-18)13-4-5-13/h2-3,6,10,13,18H,1,4-5,7-9,11H2. The Bertz CT molecular complexity index is 432. The molecule has 0 atom stereocenters. The largest absolute Gasteiger partial charge is 0.488 e. The van der Waals surface area contributed by atoms with Gasteiger partial charge in [-0.3, -0.25) is 4.90 Å². The van der Waals surface area contributed by atoms with Crippen LogP contribution in [0.25, 0.3) is 0 Å². The lowest BCUT2D eigenvalue weighted by molar-refractivity contribution is 0.183. The topological polar surface area (TPSA) is 32.7 Å². The normalized spacial score (nSPS) is 14.7. The smallest absolute Gasteiger partial charge is 0.138 e. The summed E-state index contributed by atoms with van der Waals surface area (Å²) in [7, 11) is 0. The Morgan fingerprint density at radius 2 is 2.26 bits per heavy atom. The zero-order valence-corrected chi connectivity index (χ0v) is 11.8. The Morgan fingerprint density at radius 1 is 1.47 bits per heavy atom. The second kappa shape index (κ2) is 6.94. The molecule has 4 heteroatoms. The van der Waals surface area contributed by atoms with Gasteiger partial charge in [0.15, 0.2) is 0 Å². The minimum atomic E-state index is 0.199. The first-order chi connectivity index (χ1) is 9.24. The van der Waals surface area contributed by atoms with Gasteiger partial charge in [0.05, 0.1) is 11.6 Å². The van der Waals surface area contributed by atoms with Crippen LogP contribution >= 0.6 is 11.6 Å². The molecule has 104 valence electrons. The van der Waals surface area contributed by atoms with E-state index in [2.05, 4.69) is 11.5 Å². The Morgan fingerprint density at radius 3 is 2.84 bits per heavy atom. The van der Waals surface area contributed by atoms with Crippen molar-refractivity contribution in [2.45, 2.75) is 25.4 Å². The van der Waals surface area contributed by atoms with Crippen molar-refractivity contribution in [3.63, 3.8) is 0 Å². The van der Waals surface area contributed by atoms with Crippen LogP contribution in [0.2, 0.25) is 5.02 Å². The fraction of sp³-hybridized carbons (Fsp3) is 0.467. The summed E-state index contributed by atoms with van der Waals surface area (Å²) in [4.78, 5) is 2.30. The van der Waals surface area contributed by atoms with Gasteiger partial charge in [0, 0.05) is 19.1 Å². The highest BCUT2D eigenvalue weighted by molar-refractivity contribution is 6.32. The van der Waals surface area contributed by atoms with Gasteiger partial charge in [-0.05, 0) is 30.5 Å². The van der Waals surface area contributed by atoms with Crippen molar-refractivity contribution in [1.29, 1.82) is 0 Å². The van der Waals surface area contributed by atoms with E-state index in [9.17, 15) is 0 Å². The van der Waals surface area contributed by atoms with E-state index < -0.39 is 0 Å². The van der Waals surface area contributed by atoms with Gasteiger partial charge in [0.2, 0.25) is 0 Å². The van der Waals surface area contributed by atoms with Crippen LogP contribution < -0.4 is 4.74 Å². The predicted octanol–water partition coefficient (Wildman–Crippen LogP) is 2.86. The van der Waals surface area contributed by atoms with Crippen molar-refractivity contribution in [3.8, 4) is 5.75 Å². The fourth-order valence-electron chi connectivity index (χ4n) is 2.10. The van der Waals surface area contributed by atoms with Gasteiger partial charge < -0.3 is 9.84 Å². The number of hydrogen-bond donors (Lipinski definition) is 1. The van der Waals surface area contributed by atoms with E-state index in [-0.39, 0.29) is 6.61 Å². The molecule has 0 unspecified atom stereocenters. The third kappa shape index (κ3) is 4.23. The van der Waals surface area contributed by atoms with Crippen LogP contribution in [0.3, 0.4) is 0 Å². The number of rotatable bonds is 8. The highest BCUT2D eigenvalue weighted by Gasteiger charge is 2.28. The summed E-state index contributed by atoms with van der Waals surface area (Å²) in [5.41, 5.74) is 1.15. The van der Waals surface area contributed by atoms with Crippen LogP contribution in [-0.4, -0.2) is 35.8 Å². The molecule has 0 radical (unpaired) electrons. The second-order valence-corrected chi connectivity index (χ2v) is 5.20. The van der Waals surface area contributed by atoms with E-state index in [0.29, 0.717) is 23.4 Å². The number of ether oxygens (including phenoxy) is 1. The molecule has 0 amide bonds. The van der Waals surface area contributed by atoms with Crippen molar-refractivity contribution in [2.75, 3.05) is 19.8 Å². The molecule has 1 aliphatic carbocycles. The summed E-state index contributed by atoms with van der Waals surface area (Å²) in [6.07, 6.45) is 4.16. The number of hydrogen-bond acceptors (Lipinski definition) is 3. The number of aliphatic hydroxyl groups excluding tert-OH is 1. The summed E-state index contributed by atoms with van der Waals surface area (Å²) in [6, 6.07) is 6.48. The lowest BCUT2D eigenvalue weighted by atomic mass is 10.2. The summed E-state index contributed by atoms with van der Waals surface area (Å²) in [5, 5.41) is 9.71. The third-order valence-corrected chi connectivity index (χ3v) is 3.48. The first-order valence-corrected chi connectivity index (χ1v) is 6.99. The lowest BCUT2D eigenvalue weighted by Crippen LogP contribution is -2.28. The third-order valence-electron chi connectivity index (χ3n) is 3.19. The van der Waals surface area contributed by atoms with Gasteiger partial charge >= 0.3 is 0 Å². The molecule has 0 heterocycles. The maximum Gasteiger partial charge on any atom is 0.138 e. The van der Waals surface area contributed by atoms with Gasteiger partial charge in [-0.2, -0.15) is 0 Å². The van der Waals surface area contributed by atoms with Crippen molar-refractivity contribution in [3.05, 3.63) is 41.4 Å². The zero-order valence-electron chi connectivity index (χ0n) is 11.0. The van der Waals surface area contributed by atoms with E-state index in [1.165, 1.54) is 12.8 Å². The van der Waals surface area contributed by atoms with Crippen molar-refractivity contribution < 1.29 is 9.84 Å². The minimum Gasteiger partial charge on any atom is -0.488 e.